The van der Waals surface area contributed by atoms with Crippen LogP contribution in [0.1, 0.15) is 12.0 Å². The number of likely N-dealkylation sites (N-methyl/N-ethyl adjacent to an activating group) is 1. The van der Waals surface area contributed by atoms with Gasteiger partial charge in [-0.05, 0) is 31.2 Å². The van der Waals surface area contributed by atoms with Crippen LogP contribution in [-0.4, -0.2) is 95.9 Å². The van der Waals surface area contributed by atoms with Crippen LogP contribution in [0.4, 0.5) is 4.79 Å². The van der Waals surface area contributed by atoms with Gasteiger partial charge in [-0.1, -0.05) is 0 Å². The van der Waals surface area contributed by atoms with Crippen LogP contribution >= 0.6 is 0 Å². The van der Waals surface area contributed by atoms with E-state index in [1.165, 1.54) is 0 Å². The molecule has 3 amide bonds. The smallest absolute Gasteiger partial charge is 0.320 e. The molecule has 0 spiro atoms. The van der Waals surface area contributed by atoms with E-state index in [0.717, 1.165) is 38.2 Å². The summed E-state index contributed by atoms with van der Waals surface area (Å²) in [5.41, 5.74) is 1.13. The molecule has 1 aromatic heterocycles. The highest BCUT2D eigenvalue weighted by atomic mass is 16.2. The topological polar surface area (TPSA) is 60.0 Å². The highest BCUT2D eigenvalue weighted by molar-refractivity contribution is 5.78. The predicted octanol–water partition coefficient (Wildman–Crippen LogP) is 0.526. The van der Waals surface area contributed by atoms with Crippen LogP contribution in [0.2, 0.25) is 0 Å². The average Bonchev–Trinajstić information content (AvgIpc) is 2.67. The summed E-state index contributed by atoms with van der Waals surface area (Å²) in [6.07, 6.45) is 4.75. The summed E-state index contributed by atoms with van der Waals surface area (Å²) in [6.45, 7) is 5.97. The molecule has 136 valence electrons. The lowest BCUT2D eigenvalue weighted by Gasteiger charge is -2.40. The Balaban J connectivity index is 1.42. The summed E-state index contributed by atoms with van der Waals surface area (Å²) in [4.78, 5) is 36.9. The van der Waals surface area contributed by atoms with E-state index in [9.17, 15) is 9.59 Å². The van der Waals surface area contributed by atoms with Gasteiger partial charge in [0, 0.05) is 71.2 Å². The number of hydrogen-bond donors (Lipinski definition) is 0. The van der Waals surface area contributed by atoms with Crippen molar-refractivity contribution in [1.82, 2.24) is 24.6 Å². The van der Waals surface area contributed by atoms with Gasteiger partial charge in [-0.2, -0.15) is 0 Å². The number of pyridine rings is 1. The first kappa shape index (κ1) is 17.7. The maximum Gasteiger partial charge on any atom is 0.320 e. The second-order valence-electron chi connectivity index (χ2n) is 6.80. The molecule has 0 radical (unpaired) electrons. The zero-order valence-corrected chi connectivity index (χ0v) is 14.9. The van der Waals surface area contributed by atoms with Gasteiger partial charge in [0.05, 0.1) is 0 Å². The zero-order valence-electron chi connectivity index (χ0n) is 14.9. The summed E-state index contributed by atoms with van der Waals surface area (Å²) < 4.78 is 0. The molecule has 25 heavy (non-hydrogen) atoms. The second-order valence-corrected chi connectivity index (χ2v) is 6.80. The van der Waals surface area contributed by atoms with Crippen LogP contribution in [0.15, 0.2) is 24.5 Å². The van der Waals surface area contributed by atoms with E-state index >= 15 is 0 Å². The summed E-state index contributed by atoms with van der Waals surface area (Å²) >= 11 is 0. The molecule has 7 heteroatoms. The molecule has 1 aromatic rings. The SMILES string of the molecule is CN1CCN(C(=O)N2CCN(C(=O)CCc3ccncc3)CC2)CC1. The molecule has 0 bridgehead atoms. The molecule has 7 nitrogen and oxygen atoms in total. The molecule has 2 fully saturated rings. The molecule has 0 unspecified atom stereocenters. The number of carbonyl (C=O) groups is 2. The Labute approximate surface area is 149 Å². The highest BCUT2D eigenvalue weighted by Crippen LogP contribution is 2.10. The van der Waals surface area contributed by atoms with Crippen molar-refractivity contribution in [1.29, 1.82) is 0 Å². The average molecular weight is 345 g/mol. The highest BCUT2D eigenvalue weighted by Gasteiger charge is 2.28. The molecule has 2 saturated heterocycles. The molecule has 3 heterocycles. The molecule has 3 rings (SSSR count). The maximum atomic E-state index is 12.6. The van der Waals surface area contributed by atoms with Crippen LogP contribution in [0, 0.1) is 0 Å². The molecule has 0 saturated carbocycles. The number of amides is 3. The Morgan fingerprint density at radius 2 is 1.40 bits per heavy atom. The standard InChI is InChI=1S/C18H27N5O2/c1-20-8-10-22(11-9-20)18(25)23-14-12-21(13-15-23)17(24)3-2-16-4-6-19-7-5-16/h4-7H,2-3,8-15H2,1H3. The van der Waals surface area contributed by atoms with Crippen molar-refractivity contribution in [2.75, 3.05) is 59.4 Å². The number of carbonyl (C=O) groups excluding carboxylic acids is 2. The van der Waals surface area contributed by atoms with Crippen molar-refractivity contribution in [3.63, 3.8) is 0 Å². The zero-order chi connectivity index (χ0) is 17.6. The second kappa shape index (κ2) is 8.29. The lowest BCUT2D eigenvalue weighted by molar-refractivity contribution is -0.132. The third kappa shape index (κ3) is 4.69. The Kier molecular flexibility index (Phi) is 5.86. The van der Waals surface area contributed by atoms with Crippen molar-refractivity contribution in [2.24, 2.45) is 0 Å². The van der Waals surface area contributed by atoms with Crippen molar-refractivity contribution in [3.8, 4) is 0 Å². The molecule has 2 aliphatic rings. The molecule has 0 atom stereocenters. The Bertz CT molecular complexity index is 578. The Morgan fingerprint density at radius 1 is 0.880 bits per heavy atom. The predicted molar refractivity (Wildman–Crippen MR) is 95.2 cm³/mol. The summed E-state index contributed by atoms with van der Waals surface area (Å²) in [7, 11) is 2.08. The molecule has 2 aliphatic heterocycles. The fourth-order valence-corrected chi connectivity index (χ4v) is 3.30. The first-order chi connectivity index (χ1) is 12.1. The van der Waals surface area contributed by atoms with Gasteiger partial charge in [0.25, 0.3) is 0 Å². The third-order valence-corrected chi connectivity index (χ3v) is 5.05. The number of piperazine rings is 2. The summed E-state index contributed by atoms with van der Waals surface area (Å²) in [5, 5.41) is 0. The number of rotatable bonds is 3. The van der Waals surface area contributed by atoms with Crippen LogP contribution in [0.3, 0.4) is 0 Å². The van der Waals surface area contributed by atoms with Gasteiger partial charge in [0.15, 0.2) is 0 Å². The van der Waals surface area contributed by atoms with E-state index in [1.807, 2.05) is 26.8 Å². The largest absolute Gasteiger partial charge is 0.339 e. The van der Waals surface area contributed by atoms with Gasteiger partial charge in [-0.3, -0.25) is 9.78 Å². The number of aryl methyl sites for hydroxylation is 1. The van der Waals surface area contributed by atoms with E-state index in [2.05, 4.69) is 16.9 Å². The van der Waals surface area contributed by atoms with E-state index in [0.29, 0.717) is 32.6 Å². The number of hydrogen-bond acceptors (Lipinski definition) is 4. The lowest BCUT2D eigenvalue weighted by Crippen LogP contribution is -2.57. The number of aromatic nitrogens is 1. The van der Waals surface area contributed by atoms with Crippen LogP contribution in [0.5, 0.6) is 0 Å². The van der Waals surface area contributed by atoms with Gasteiger partial charge in [0.1, 0.15) is 0 Å². The van der Waals surface area contributed by atoms with E-state index in [1.54, 1.807) is 12.4 Å². The van der Waals surface area contributed by atoms with Crippen molar-refractivity contribution in [2.45, 2.75) is 12.8 Å². The molecular weight excluding hydrogens is 318 g/mol. The van der Waals surface area contributed by atoms with E-state index < -0.39 is 0 Å². The fourth-order valence-electron chi connectivity index (χ4n) is 3.30. The van der Waals surface area contributed by atoms with Gasteiger partial charge < -0.3 is 19.6 Å². The van der Waals surface area contributed by atoms with Gasteiger partial charge >= 0.3 is 6.03 Å². The minimum absolute atomic E-state index is 0.122. The van der Waals surface area contributed by atoms with Crippen molar-refractivity contribution in [3.05, 3.63) is 30.1 Å². The van der Waals surface area contributed by atoms with Crippen LogP contribution in [0.25, 0.3) is 0 Å². The summed E-state index contributed by atoms with van der Waals surface area (Å²) in [5.74, 6) is 0.170. The first-order valence-electron chi connectivity index (χ1n) is 9.02. The molecule has 0 N–H and O–H groups in total. The monoisotopic (exact) mass is 345 g/mol. The lowest BCUT2D eigenvalue weighted by atomic mass is 10.1. The summed E-state index contributed by atoms with van der Waals surface area (Å²) in [6, 6.07) is 4.01. The van der Waals surface area contributed by atoms with Gasteiger partial charge in [-0.15, -0.1) is 0 Å². The van der Waals surface area contributed by atoms with E-state index in [-0.39, 0.29) is 11.9 Å². The van der Waals surface area contributed by atoms with E-state index in [4.69, 9.17) is 0 Å². The number of nitrogens with zero attached hydrogens (tertiary/aromatic N) is 5. The quantitative estimate of drug-likeness (QED) is 0.802. The van der Waals surface area contributed by atoms with Crippen LogP contribution < -0.4 is 0 Å². The molecular formula is C18H27N5O2. The minimum Gasteiger partial charge on any atom is -0.339 e. The Morgan fingerprint density at radius 3 is 2.00 bits per heavy atom. The van der Waals surface area contributed by atoms with Crippen molar-refractivity contribution < 1.29 is 9.59 Å². The fraction of sp³-hybridized carbons (Fsp3) is 0.611. The molecule has 0 aliphatic carbocycles. The van der Waals surface area contributed by atoms with Crippen molar-refractivity contribution >= 4 is 11.9 Å². The third-order valence-electron chi connectivity index (χ3n) is 5.05. The molecule has 0 aromatic carbocycles. The first-order valence-corrected chi connectivity index (χ1v) is 9.02. The normalized spacial score (nSPS) is 19.2. The maximum absolute atomic E-state index is 12.6. The Hall–Kier alpha value is -2.15. The van der Waals surface area contributed by atoms with Gasteiger partial charge in [0.2, 0.25) is 5.91 Å². The van der Waals surface area contributed by atoms with Crippen LogP contribution in [-0.2, 0) is 11.2 Å². The minimum atomic E-state index is 0.122. The number of urea groups is 1. The van der Waals surface area contributed by atoms with Gasteiger partial charge in [-0.25, -0.2) is 4.79 Å².